The van der Waals surface area contributed by atoms with Gasteiger partial charge in [-0.15, -0.1) is 0 Å². The van der Waals surface area contributed by atoms with Gasteiger partial charge in [0.2, 0.25) is 5.76 Å². The maximum Gasteiger partial charge on any atom is 0.293 e. The lowest BCUT2D eigenvalue weighted by molar-refractivity contribution is -0.121. The van der Waals surface area contributed by atoms with E-state index >= 15 is 0 Å². The molecule has 6 nitrogen and oxygen atoms in total. The summed E-state index contributed by atoms with van der Waals surface area (Å²) in [5.74, 6) is -0.305. The summed E-state index contributed by atoms with van der Waals surface area (Å²) in [6.07, 6.45) is 9.94. The van der Waals surface area contributed by atoms with Crippen molar-refractivity contribution in [2.75, 3.05) is 19.6 Å². The molecule has 150 valence electrons. The van der Waals surface area contributed by atoms with Crippen LogP contribution in [-0.2, 0) is 9.53 Å². The van der Waals surface area contributed by atoms with Crippen molar-refractivity contribution in [3.05, 3.63) is 47.0 Å². The minimum atomic E-state index is -0.428. The smallest absolute Gasteiger partial charge is 0.293 e. The second-order valence-corrected chi connectivity index (χ2v) is 6.56. The fourth-order valence-electron chi connectivity index (χ4n) is 2.64. The van der Waals surface area contributed by atoms with E-state index < -0.39 is 5.91 Å². The molecule has 0 heterocycles. The average molecular weight is 395 g/mol. The van der Waals surface area contributed by atoms with Gasteiger partial charge >= 0.3 is 0 Å². The van der Waals surface area contributed by atoms with Crippen molar-refractivity contribution in [1.82, 2.24) is 16.0 Å². The second kappa shape index (κ2) is 13.2. The molecule has 1 amide bonds. The SMILES string of the molecule is C=C/C(=C\C(Cl)=C/C)NC(=O)/C(OC1CCCC1)=C(\C=N)NCCNCC. The van der Waals surface area contributed by atoms with Crippen LogP contribution in [0, 0.1) is 5.41 Å². The number of carbonyl (C=O) groups excluding carboxylic acids is 1. The molecule has 4 N–H and O–H groups in total. The number of nitrogens with one attached hydrogen (secondary N) is 4. The molecule has 0 aliphatic heterocycles. The van der Waals surface area contributed by atoms with E-state index in [0.717, 1.165) is 45.0 Å². The van der Waals surface area contributed by atoms with Gasteiger partial charge in [0.05, 0.1) is 6.10 Å². The molecule has 0 aromatic rings. The van der Waals surface area contributed by atoms with Gasteiger partial charge in [-0.05, 0) is 51.3 Å². The molecule has 1 fully saturated rings. The standard InChI is InChI=1S/C20H31ClN4O2/c1-4-15(21)13-16(5-2)25-20(26)19(27-17-9-7-8-10-17)18(14-22)24-12-11-23-6-3/h4-5,13-14,17,22-24H,2,6-12H2,1,3H3,(H,25,26)/b15-4+,16-13+,19-18-,22-14?. The van der Waals surface area contributed by atoms with Crippen molar-refractivity contribution < 1.29 is 9.53 Å². The van der Waals surface area contributed by atoms with E-state index in [4.69, 9.17) is 21.7 Å². The van der Waals surface area contributed by atoms with Crippen LogP contribution in [0.25, 0.3) is 0 Å². The highest BCUT2D eigenvalue weighted by molar-refractivity contribution is 6.31. The molecule has 0 radical (unpaired) electrons. The first-order valence-electron chi connectivity index (χ1n) is 9.38. The Balaban J connectivity index is 3.01. The normalized spacial score (nSPS) is 16.6. The lowest BCUT2D eigenvalue weighted by atomic mass is 10.2. The van der Waals surface area contributed by atoms with E-state index in [1.807, 2.05) is 6.92 Å². The van der Waals surface area contributed by atoms with Gasteiger partial charge in [-0.1, -0.05) is 31.2 Å². The van der Waals surface area contributed by atoms with E-state index in [1.54, 1.807) is 19.1 Å². The van der Waals surface area contributed by atoms with Crippen molar-refractivity contribution in [3.63, 3.8) is 0 Å². The number of ether oxygens (including phenoxy) is 1. The zero-order valence-electron chi connectivity index (χ0n) is 16.2. The first-order valence-corrected chi connectivity index (χ1v) is 9.76. The Hall–Kier alpha value is -2.05. The highest BCUT2D eigenvalue weighted by Gasteiger charge is 2.24. The van der Waals surface area contributed by atoms with E-state index in [0.29, 0.717) is 23.0 Å². The van der Waals surface area contributed by atoms with Crippen LogP contribution in [0.1, 0.15) is 39.5 Å². The van der Waals surface area contributed by atoms with Crippen LogP contribution in [0.5, 0.6) is 0 Å². The first kappa shape index (κ1) is 23.0. The zero-order chi connectivity index (χ0) is 20.1. The second-order valence-electron chi connectivity index (χ2n) is 6.12. The van der Waals surface area contributed by atoms with Crippen molar-refractivity contribution in [3.8, 4) is 0 Å². The number of carbonyl (C=O) groups is 1. The molecular weight excluding hydrogens is 364 g/mol. The van der Waals surface area contributed by atoms with Crippen LogP contribution in [0.3, 0.4) is 0 Å². The summed E-state index contributed by atoms with van der Waals surface area (Å²) in [6, 6.07) is 0. The molecule has 0 aromatic heterocycles. The van der Waals surface area contributed by atoms with Gasteiger partial charge in [0.1, 0.15) is 5.70 Å². The van der Waals surface area contributed by atoms with Crippen molar-refractivity contribution >= 4 is 23.7 Å². The fraction of sp³-hybridized carbons (Fsp3) is 0.500. The van der Waals surface area contributed by atoms with E-state index in [2.05, 4.69) is 22.5 Å². The molecule has 0 spiro atoms. The van der Waals surface area contributed by atoms with Gasteiger partial charge in [0.15, 0.2) is 0 Å². The van der Waals surface area contributed by atoms with Gasteiger partial charge in [0, 0.05) is 30.0 Å². The lowest BCUT2D eigenvalue weighted by Crippen LogP contribution is -2.33. The molecular formula is C20H31ClN4O2. The van der Waals surface area contributed by atoms with Gasteiger partial charge in [-0.2, -0.15) is 0 Å². The Labute approximate surface area is 167 Å². The van der Waals surface area contributed by atoms with Gasteiger partial charge in [-0.3, -0.25) is 4.79 Å². The molecule has 27 heavy (non-hydrogen) atoms. The zero-order valence-corrected chi connectivity index (χ0v) is 17.0. The average Bonchev–Trinajstić information content (AvgIpc) is 3.19. The third-order valence-corrected chi connectivity index (χ3v) is 4.42. The predicted molar refractivity (Wildman–Crippen MR) is 112 cm³/mol. The largest absolute Gasteiger partial charge is 0.483 e. The number of amides is 1. The summed E-state index contributed by atoms with van der Waals surface area (Å²) in [7, 11) is 0. The number of halogens is 1. The van der Waals surface area contributed by atoms with Crippen molar-refractivity contribution in [2.24, 2.45) is 0 Å². The quantitative estimate of drug-likeness (QED) is 0.134. The number of hydrogen-bond acceptors (Lipinski definition) is 5. The van der Waals surface area contributed by atoms with Gasteiger partial charge in [-0.25, -0.2) is 0 Å². The topological polar surface area (TPSA) is 86.2 Å². The summed E-state index contributed by atoms with van der Waals surface area (Å²) in [5, 5.41) is 17.3. The number of allylic oxidation sites excluding steroid dienone is 5. The maximum atomic E-state index is 12.9. The molecule has 0 bridgehead atoms. The fourth-order valence-corrected chi connectivity index (χ4v) is 2.75. The van der Waals surface area contributed by atoms with Crippen LogP contribution in [-0.4, -0.2) is 37.9 Å². The van der Waals surface area contributed by atoms with Crippen LogP contribution >= 0.6 is 11.6 Å². The van der Waals surface area contributed by atoms with Gasteiger partial charge < -0.3 is 26.1 Å². The predicted octanol–water partition coefficient (Wildman–Crippen LogP) is 3.33. The third-order valence-electron chi connectivity index (χ3n) is 4.10. The number of rotatable bonds is 12. The molecule has 0 unspecified atom stereocenters. The molecule has 7 heteroatoms. The summed E-state index contributed by atoms with van der Waals surface area (Å²) >= 11 is 6.01. The Kier molecular flexibility index (Phi) is 11.2. The summed E-state index contributed by atoms with van der Waals surface area (Å²) < 4.78 is 5.98. The Morgan fingerprint density at radius 2 is 2.04 bits per heavy atom. The molecule has 0 saturated heterocycles. The first-order chi connectivity index (χ1) is 13.0. The molecule has 1 aliphatic carbocycles. The highest BCUT2D eigenvalue weighted by Crippen LogP contribution is 2.24. The minimum Gasteiger partial charge on any atom is -0.483 e. The third kappa shape index (κ3) is 8.45. The van der Waals surface area contributed by atoms with Crippen LogP contribution in [0.2, 0.25) is 0 Å². The Bertz CT molecular complexity index is 605. The number of hydrogen-bond donors (Lipinski definition) is 4. The van der Waals surface area contributed by atoms with E-state index in [-0.39, 0.29) is 11.9 Å². The minimum absolute atomic E-state index is 0.00782. The molecule has 0 aromatic carbocycles. The van der Waals surface area contributed by atoms with Crippen LogP contribution in [0.15, 0.2) is 47.0 Å². The van der Waals surface area contributed by atoms with Crippen LogP contribution < -0.4 is 16.0 Å². The monoisotopic (exact) mass is 394 g/mol. The highest BCUT2D eigenvalue weighted by atomic mass is 35.5. The maximum absolute atomic E-state index is 12.9. The molecule has 1 aliphatic rings. The van der Waals surface area contributed by atoms with Gasteiger partial charge in [0.25, 0.3) is 5.91 Å². The van der Waals surface area contributed by atoms with E-state index in [1.165, 1.54) is 6.08 Å². The Morgan fingerprint density at radius 3 is 2.59 bits per heavy atom. The lowest BCUT2D eigenvalue weighted by Gasteiger charge is -2.19. The summed E-state index contributed by atoms with van der Waals surface area (Å²) in [4.78, 5) is 12.9. The van der Waals surface area contributed by atoms with Crippen molar-refractivity contribution in [2.45, 2.75) is 45.6 Å². The number of likely N-dealkylation sites (N-methyl/N-ethyl adjacent to an activating group) is 1. The Morgan fingerprint density at radius 1 is 1.33 bits per heavy atom. The van der Waals surface area contributed by atoms with Crippen molar-refractivity contribution in [1.29, 1.82) is 5.41 Å². The summed E-state index contributed by atoms with van der Waals surface area (Å²) in [6.45, 7) is 9.69. The molecule has 1 rings (SSSR count). The van der Waals surface area contributed by atoms with E-state index in [9.17, 15) is 4.79 Å². The van der Waals surface area contributed by atoms with Crippen LogP contribution in [0.4, 0.5) is 0 Å². The molecule has 0 atom stereocenters. The summed E-state index contributed by atoms with van der Waals surface area (Å²) in [5.41, 5.74) is 0.824. The molecule has 1 saturated carbocycles.